The highest BCUT2D eigenvalue weighted by atomic mass is 15.1. The molecule has 1 aliphatic heterocycles. The predicted octanol–water partition coefficient (Wildman–Crippen LogP) is 1.90. The van der Waals surface area contributed by atoms with Crippen LogP contribution >= 0.6 is 0 Å². The van der Waals surface area contributed by atoms with Gasteiger partial charge in [0, 0.05) is 19.3 Å². The van der Waals surface area contributed by atoms with E-state index in [9.17, 15) is 0 Å². The lowest BCUT2D eigenvalue weighted by molar-refractivity contribution is 0.447. The second-order valence-corrected chi connectivity index (χ2v) is 4.13. The van der Waals surface area contributed by atoms with Crippen molar-refractivity contribution < 1.29 is 0 Å². The molecule has 1 unspecified atom stereocenters. The molecular weight excluding hydrogens is 174 g/mol. The molecule has 0 aromatic carbocycles. The topological polar surface area (TPSA) is 42.2 Å². The van der Waals surface area contributed by atoms with Crippen LogP contribution in [0.5, 0.6) is 0 Å². The maximum absolute atomic E-state index is 5.89. The fourth-order valence-corrected chi connectivity index (χ4v) is 2.10. The molecule has 1 saturated heterocycles. The van der Waals surface area contributed by atoms with Gasteiger partial charge < -0.3 is 10.6 Å². The number of rotatable bonds is 1. The minimum Gasteiger partial charge on any atom is -0.396 e. The molecule has 0 bridgehead atoms. The summed E-state index contributed by atoms with van der Waals surface area (Å²) in [6, 6.07) is 2.01. The molecule has 1 aromatic rings. The van der Waals surface area contributed by atoms with E-state index in [0.29, 0.717) is 0 Å². The van der Waals surface area contributed by atoms with Crippen LogP contribution in [0.1, 0.15) is 19.8 Å². The van der Waals surface area contributed by atoms with Crippen molar-refractivity contribution in [1.29, 1.82) is 0 Å². The van der Waals surface area contributed by atoms with Gasteiger partial charge in [-0.25, -0.2) is 0 Å². The Hall–Kier alpha value is -1.25. The average molecular weight is 191 g/mol. The van der Waals surface area contributed by atoms with Crippen LogP contribution in [0, 0.1) is 5.92 Å². The summed E-state index contributed by atoms with van der Waals surface area (Å²) in [5.74, 6) is 0.774. The van der Waals surface area contributed by atoms with Gasteiger partial charge in [-0.3, -0.25) is 4.98 Å². The first kappa shape index (κ1) is 9.31. The summed E-state index contributed by atoms with van der Waals surface area (Å²) in [4.78, 5) is 6.37. The predicted molar refractivity (Wildman–Crippen MR) is 59.3 cm³/mol. The highest BCUT2D eigenvalue weighted by Crippen LogP contribution is 2.26. The van der Waals surface area contributed by atoms with Crippen molar-refractivity contribution in [2.75, 3.05) is 23.7 Å². The smallest absolute Gasteiger partial charge is 0.0738 e. The van der Waals surface area contributed by atoms with Crippen LogP contribution < -0.4 is 10.6 Å². The molecule has 0 amide bonds. The van der Waals surface area contributed by atoms with Gasteiger partial charge in [-0.15, -0.1) is 0 Å². The lowest BCUT2D eigenvalue weighted by atomic mass is 10.00. The molecule has 0 saturated carbocycles. The maximum atomic E-state index is 5.89. The van der Waals surface area contributed by atoms with Crippen LogP contribution in [0.3, 0.4) is 0 Å². The normalized spacial score (nSPS) is 22.4. The number of nitrogen functional groups attached to an aromatic ring is 1. The zero-order chi connectivity index (χ0) is 9.97. The minimum absolute atomic E-state index is 0.774. The molecule has 14 heavy (non-hydrogen) atoms. The summed E-state index contributed by atoms with van der Waals surface area (Å²) >= 11 is 0. The van der Waals surface area contributed by atoms with Gasteiger partial charge in [-0.2, -0.15) is 0 Å². The molecule has 0 radical (unpaired) electrons. The molecule has 1 fully saturated rings. The Bertz CT molecular complexity index is 311. The third kappa shape index (κ3) is 1.81. The molecule has 2 N–H and O–H groups in total. The number of nitrogens with zero attached hydrogens (tertiary/aromatic N) is 2. The molecule has 1 aromatic heterocycles. The average Bonchev–Trinajstić information content (AvgIpc) is 2.18. The molecule has 76 valence electrons. The van der Waals surface area contributed by atoms with Crippen LogP contribution in [0.2, 0.25) is 0 Å². The van der Waals surface area contributed by atoms with Crippen LogP contribution in [0.4, 0.5) is 11.4 Å². The lowest BCUT2D eigenvalue weighted by Gasteiger charge is -2.33. The highest BCUT2D eigenvalue weighted by molar-refractivity contribution is 5.66. The van der Waals surface area contributed by atoms with E-state index in [-0.39, 0.29) is 0 Å². The molecule has 1 atom stereocenters. The van der Waals surface area contributed by atoms with Gasteiger partial charge in [-0.05, 0) is 24.8 Å². The van der Waals surface area contributed by atoms with E-state index in [0.717, 1.165) is 30.4 Å². The van der Waals surface area contributed by atoms with Crippen molar-refractivity contribution in [2.45, 2.75) is 19.8 Å². The van der Waals surface area contributed by atoms with E-state index in [2.05, 4.69) is 16.8 Å². The number of aromatic nitrogens is 1. The molecule has 3 heteroatoms. The monoisotopic (exact) mass is 191 g/mol. The van der Waals surface area contributed by atoms with Gasteiger partial charge in [0.15, 0.2) is 0 Å². The summed E-state index contributed by atoms with van der Waals surface area (Å²) in [6.45, 7) is 4.54. The van der Waals surface area contributed by atoms with Gasteiger partial charge in [0.05, 0.1) is 17.6 Å². The molecule has 2 rings (SSSR count). The zero-order valence-electron chi connectivity index (χ0n) is 8.61. The van der Waals surface area contributed by atoms with Crippen molar-refractivity contribution in [3.8, 4) is 0 Å². The zero-order valence-corrected chi connectivity index (χ0v) is 8.61. The Morgan fingerprint density at radius 1 is 1.57 bits per heavy atom. The van der Waals surface area contributed by atoms with Crippen molar-refractivity contribution in [3.63, 3.8) is 0 Å². The molecule has 0 spiro atoms. The fraction of sp³-hybridized carbons (Fsp3) is 0.545. The van der Waals surface area contributed by atoms with Crippen LogP contribution in [-0.2, 0) is 0 Å². The molecule has 1 aliphatic rings. The Kier molecular flexibility index (Phi) is 2.57. The number of pyridine rings is 1. The van der Waals surface area contributed by atoms with E-state index in [1.165, 1.54) is 12.8 Å². The van der Waals surface area contributed by atoms with Crippen LogP contribution in [0.25, 0.3) is 0 Å². The number of hydrogen-bond acceptors (Lipinski definition) is 3. The largest absolute Gasteiger partial charge is 0.396 e. The summed E-state index contributed by atoms with van der Waals surface area (Å²) in [5.41, 5.74) is 7.83. The number of nitrogens with two attached hydrogens (primary N) is 1. The SMILES string of the molecule is CC1CCCN(c2ccncc2N)C1. The lowest BCUT2D eigenvalue weighted by Crippen LogP contribution is -2.34. The first-order chi connectivity index (χ1) is 6.77. The van der Waals surface area contributed by atoms with Crippen molar-refractivity contribution in [2.24, 2.45) is 5.92 Å². The first-order valence-corrected chi connectivity index (χ1v) is 5.22. The first-order valence-electron chi connectivity index (χ1n) is 5.22. The van der Waals surface area contributed by atoms with E-state index in [1.54, 1.807) is 6.20 Å². The summed E-state index contributed by atoms with van der Waals surface area (Å²) in [5, 5.41) is 0. The second-order valence-electron chi connectivity index (χ2n) is 4.13. The van der Waals surface area contributed by atoms with E-state index >= 15 is 0 Å². The van der Waals surface area contributed by atoms with E-state index in [1.807, 2.05) is 12.3 Å². The summed E-state index contributed by atoms with van der Waals surface area (Å²) < 4.78 is 0. The minimum atomic E-state index is 0.774. The Balaban J connectivity index is 2.18. The molecule has 0 aliphatic carbocycles. The van der Waals surface area contributed by atoms with Gasteiger partial charge in [0.2, 0.25) is 0 Å². The van der Waals surface area contributed by atoms with Gasteiger partial charge in [-0.1, -0.05) is 6.92 Å². The number of hydrogen-bond donors (Lipinski definition) is 1. The Labute approximate surface area is 84.9 Å². The maximum Gasteiger partial charge on any atom is 0.0738 e. The quantitative estimate of drug-likeness (QED) is 0.737. The van der Waals surface area contributed by atoms with E-state index in [4.69, 9.17) is 5.73 Å². The van der Waals surface area contributed by atoms with Crippen LogP contribution in [-0.4, -0.2) is 18.1 Å². The highest BCUT2D eigenvalue weighted by Gasteiger charge is 2.17. The summed E-state index contributed by atoms with van der Waals surface area (Å²) in [7, 11) is 0. The van der Waals surface area contributed by atoms with E-state index < -0.39 is 0 Å². The third-order valence-electron chi connectivity index (χ3n) is 2.83. The summed E-state index contributed by atoms with van der Waals surface area (Å²) in [6.07, 6.45) is 6.14. The number of anilines is 2. The molecule has 2 heterocycles. The van der Waals surface area contributed by atoms with Crippen molar-refractivity contribution >= 4 is 11.4 Å². The Morgan fingerprint density at radius 3 is 3.14 bits per heavy atom. The fourth-order valence-electron chi connectivity index (χ4n) is 2.10. The van der Waals surface area contributed by atoms with Gasteiger partial charge >= 0.3 is 0 Å². The Morgan fingerprint density at radius 2 is 2.43 bits per heavy atom. The standard InChI is InChI=1S/C11H17N3/c1-9-3-2-6-14(8-9)11-4-5-13-7-10(11)12/h4-5,7,9H,2-3,6,8,12H2,1H3. The van der Waals surface area contributed by atoms with Gasteiger partial charge in [0.1, 0.15) is 0 Å². The third-order valence-corrected chi connectivity index (χ3v) is 2.83. The van der Waals surface area contributed by atoms with Gasteiger partial charge in [0.25, 0.3) is 0 Å². The van der Waals surface area contributed by atoms with Crippen molar-refractivity contribution in [1.82, 2.24) is 4.98 Å². The van der Waals surface area contributed by atoms with Crippen molar-refractivity contribution in [3.05, 3.63) is 18.5 Å². The van der Waals surface area contributed by atoms with Crippen LogP contribution in [0.15, 0.2) is 18.5 Å². The molecule has 3 nitrogen and oxygen atoms in total. The second kappa shape index (κ2) is 3.86. The number of piperidine rings is 1. The molecular formula is C11H17N3.